The van der Waals surface area contributed by atoms with Crippen molar-refractivity contribution in [2.45, 2.75) is 18.9 Å². The predicted octanol–water partition coefficient (Wildman–Crippen LogP) is 1.92. The van der Waals surface area contributed by atoms with Crippen LogP contribution in [0.5, 0.6) is 5.88 Å². The highest BCUT2D eigenvalue weighted by molar-refractivity contribution is 5.81. The Balaban J connectivity index is 1.57. The van der Waals surface area contributed by atoms with Crippen molar-refractivity contribution < 1.29 is 14.6 Å². The van der Waals surface area contributed by atoms with E-state index < -0.39 is 6.09 Å². The highest BCUT2D eigenvalue weighted by Gasteiger charge is 2.24. The van der Waals surface area contributed by atoms with Gasteiger partial charge in [-0.1, -0.05) is 0 Å². The number of ether oxygens (including phenoxy) is 1. The summed E-state index contributed by atoms with van der Waals surface area (Å²) >= 11 is 0. The molecule has 3 aromatic rings. The molecule has 0 unspecified atom stereocenters. The summed E-state index contributed by atoms with van der Waals surface area (Å²) in [5.74, 6) is 0.463. The van der Waals surface area contributed by atoms with Gasteiger partial charge in [-0.15, -0.1) is 0 Å². The SMILES string of the molecule is Nc1ccc(-n2ncc3c(OC4CCN(C(=O)O)CC4)ncnc32)cc1. The van der Waals surface area contributed by atoms with Crippen LogP contribution >= 0.6 is 0 Å². The van der Waals surface area contributed by atoms with Gasteiger partial charge in [-0.2, -0.15) is 5.10 Å². The summed E-state index contributed by atoms with van der Waals surface area (Å²) in [5.41, 5.74) is 7.89. The van der Waals surface area contributed by atoms with E-state index in [1.54, 1.807) is 23.0 Å². The van der Waals surface area contributed by atoms with E-state index in [2.05, 4.69) is 15.1 Å². The van der Waals surface area contributed by atoms with Crippen LogP contribution in [0.4, 0.5) is 10.5 Å². The van der Waals surface area contributed by atoms with E-state index in [1.807, 2.05) is 12.1 Å². The molecule has 1 fully saturated rings. The van der Waals surface area contributed by atoms with Gasteiger partial charge in [0.25, 0.3) is 0 Å². The Labute approximate surface area is 149 Å². The molecule has 1 aliphatic heterocycles. The lowest BCUT2D eigenvalue weighted by Crippen LogP contribution is -2.41. The number of anilines is 1. The number of hydrogen-bond acceptors (Lipinski definition) is 6. The number of rotatable bonds is 3. The molecule has 26 heavy (non-hydrogen) atoms. The smallest absolute Gasteiger partial charge is 0.407 e. The highest BCUT2D eigenvalue weighted by Crippen LogP contribution is 2.26. The van der Waals surface area contributed by atoms with Crippen molar-refractivity contribution in [2.24, 2.45) is 0 Å². The molecule has 0 atom stereocenters. The Hall–Kier alpha value is -3.36. The van der Waals surface area contributed by atoms with Gasteiger partial charge in [-0.05, 0) is 24.3 Å². The van der Waals surface area contributed by atoms with Gasteiger partial charge in [0.1, 0.15) is 17.8 Å². The molecular weight excluding hydrogens is 336 g/mol. The molecule has 1 amide bonds. The molecule has 2 aromatic heterocycles. The first-order valence-electron chi connectivity index (χ1n) is 8.31. The monoisotopic (exact) mass is 354 g/mol. The zero-order valence-corrected chi connectivity index (χ0v) is 13.9. The van der Waals surface area contributed by atoms with Crippen LogP contribution in [-0.2, 0) is 0 Å². The first kappa shape index (κ1) is 16.1. The third kappa shape index (κ3) is 2.99. The number of amides is 1. The summed E-state index contributed by atoms with van der Waals surface area (Å²) in [6.07, 6.45) is 3.40. The van der Waals surface area contributed by atoms with Crippen LogP contribution in [0, 0.1) is 0 Å². The fraction of sp³-hybridized carbons (Fsp3) is 0.294. The van der Waals surface area contributed by atoms with Crippen molar-refractivity contribution in [1.82, 2.24) is 24.6 Å². The fourth-order valence-corrected chi connectivity index (χ4v) is 3.04. The zero-order valence-electron chi connectivity index (χ0n) is 13.9. The molecule has 0 saturated carbocycles. The standard InChI is InChI=1S/C17H18N6O3/c18-11-1-3-12(4-2-11)23-15-14(9-21-23)16(20-10-19-15)26-13-5-7-22(8-6-13)17(24)25/h1-4,9-10,13H,5-8,18H2,(H,24,25). The molecule has 0 radical (unpaired) electrons. The molecule has 1 saturated heterocycles. The van der Waals surface area contributed by atoms with E-state index in [9.17, 15) is 4.79 Å². The van der Waals surface area contributed by atoms with Gasteiger partial charge in [0.2, 0.25) is 5.88 Å². The fourth-order valence-electron chi connectivity index (χ4n) is 3.04. The van der Waals surface area contributed by atoms with Crippen LogP contribution in [0.3, 0.4) is 0 Å². The topological polar surface area (TPSA) is 119 Å². The Bertz CT molecular complexity index is 931. The lowest BCUT2D eigenvalue weighted by Gasteiger charge is -2.29. The van der Waals surface area contributed by atoms with Crippen molar-refractivity contribution in [3.05, 3.63) is 36.8 Å². The number of carbonyl (C=O) groups is 1. The first-order chi connectivity index (χ1) is 12.6. The normalized spacial score (nSPS) is 15.3. The van der Waals surface area contributed by atoms with Gasteiger partial charge in [0.15, 0.2) is 5.65 Å². The van der Waals surface area contributed by atoms with Crippen LogP contribution in [0.2, 0.25) is 0 Å². The Kier molecular flexibility index (Phi) is 4.04. The van der Waals surface area contributed by atoms with Crippen LogP contribution in [0.25, 0.3) is 16.7 Å². The third-order valence-corrected chi connectivity index (χ3v) is 4.46. The van der Waals surface area contributed by atoms with Crippen molar-refractivity contribution in [2.75, 3.05) is 18.8 Å². The van der Waals surface area contributed by atoms with Gasteiger partial charge in [-0.25, -0.2) is 19.4 Å². The second-order valence-corrected chi connectivity index (χ2v) is 6.15. The van der Waals surface area contributed by atoms with Crippen molar-refractivity contribution >= 4 is 22.8 Å². The maximum absolute atomic E-state index is 11.0. The molecule has 0 bridgehead atoms. The second kappa shape index (κ2) is 6.51. The van der Waals surface area contributed by atoms with E-state index in [-0.39, 0.29) is 6.10 Å². The predicted molar refractivity (Wildman–Crippen MR) is 94.3 cm³/mol. The highest BCUT2D eigenvalue weighted by atomic mass is 16.5. The molecule has 3 heterocycles. The lowest BCUT2D eigenvalue weighted by molar-refractivity contribution is 0.0879. The number of hydrogen-bond donors (Lipinski definition) is 2. The van der Waals surface area contributed by atoms with Crippen molar-refractivity contribution in [3.63, 3.8) is 0 Å². The van der Waals surface area contributed by atoms with Gasteiger partial charge < -0.3 is 20.5 Å². The molecule has 0 spiro atoms. The summed E-state index contributed by atoms with van der Waals surface area (Å²) in [5, 5.41) is 14.1. The average Bonchev–Trinajstić information content (AvgIpc) is 3.08. The van der Waals surface area contributed by atoms with Gasteiger partial charge in [0.05, 0.1) is 11.9 Å². The number of aromatic nitrogens is 4. The minimum atomic E-state index is -0.891. The molecular formula is C17H18N6O3. The largest absolute Gasteiger partial charge is 0.474 e. The van der Waals surface area contributed by atoms with Crippen molar-refractivity contribution in [3.8, 4) is 11.6 Å². The lowest BCUT2D eigenvalue weighted by atomic mass is 10.1. The third-order valence-electron chi connectivity index (χ3n) is 4.46. The van der Waals surface area contributed by atoms with Gasteiger partial charge >= 0.3 is 6.09 Å². The molecule has 134 valence electrons. The second-order valence-electron chi connectivity index (χ2n) is 6.15. The van der Waals surface area contributed by atoms with Crippen LogP contribution in [0.15, 0.2) is 36.8 Å². The molecule has 4 rings (SSSR count). The Morgan fingerprint density at radius 1 is 1.19 bits per heavy atom. The van der Waals surface area contributed by atoms with E-state index in [0.717, 1.165) is 5.69 Å². The quantitative estimate of drug-likeness (QED) is 0.690. The molecule has 0 aliphatic carbocycles. The van der Waals surface area contributed by atoms with Crippen LogP contribution < -0.4 is 10.5 Å². The maximum atomic E-state index is 11.0. The average molecular weight is 354 g/mol. The number of carboxylic acid groups (broad SMARTS) is 1. The van der Waals surface area contributed by atoms with Crippen LogP contribution in [-0.4, -0.2) is 55.0 Å². The molecule has 3 N–H and O–H groups in total. The van der Waals surface area contributed by atoms with Crippen molar-refractivity contribution in [1.29, 1.82) is 0 Å². The van der Waals surface area contributed by atoms with E-state index >= 15 is 0 Å². The Morgan fingerprint density at radius 3 is 2.62 bits per heavy atom. The number of fused-ring (bicyclic) bond motifs is 1. The van der Waals surface area contributed by atoms with Gasteiger partial charge in [-0.3, -0.25) is 0 Å². The minimum Gasteiger partial charge on any atom is -0.474 e. The summed E-state index contributed by atoms with van der Waals surface area (Å²) in [4.78, 5) is 21.0. The summed E-state index contributed by atoms with van der Waals surface area (Å²) in [7, 11) is 0. The van der Waals surface area contributed by atoms with Gasteiger partial charge in [0, 0.05) is 31.6 Å². The maximum Gasteiger partial charge on any atom is 0.407 e. The minimum absolute atomic E-state index is 0.0800. The molecule has 9 nitrogen and oxygen atoms in total. The summed E-state index contributed by atoms with van der Waals surface area (Å²) in [6.45, 7) is 0.915. The zero-order chi connectivity index (χ0) is 18.1. The first-order valence-corrected chi connectivity index (χ1v) is 8.31. The molecule has 1 aliphatic rings. The number of nitrogens with zero attached hydrogens (tertiary/aromatic N) is 5. The summed E-state index contributed by atoms with van der Waals surface area (Å²) < 4.78 is 7.73. The van der Waals surface area contributed by atoms with Crippen LogP contribution in [0.1, 0.15) is 12.8 Å². The number of benzene rings is 1. The van der Waals surface area contributed by atoms with E-state index in [0.29, 0.717) is 48.5 Å². The summed E-state index contributed by atoms with van der Waals surface area (Å²) in [6, 6.07) is 7.34. The Morgan fingerprint density at radius 2 is 1.92 bits per heavy atom. The van der Waals surface area contributed by atoms with E-state index in [1.165, 1.54) is 11.2 Å². The number of nitrogen functional groups attached to an aromatic ring is 1. The number of piperidine rings is 1. The van der Waals surface area contributed by atoms with E-state index in [4.69, 9.17) is 15.6 Å². The molecule has 9 heteroatoms. The number of nitrogens with two attached hydrogens (primary N) is 1. The molecule has 1 aromatic carbocycles. The number of likely N-dealkylation sites (tertiary alicyclic amines) is 1.